The topological polar surface area (TPSA) is 89.9 Å². The summed E-state index contributed by atoms with van der Waals surface area (Å²) in [6.45, 7) is 3.25. The Bertz CT molecular complexity index is 544. The molecule has 0 bridgehead atoms. The van der Waals surface area contributed by atoms with Gasteiger partial charge in [0.1, 0.15) is 0 Å². The van der Waals surface area contributed by atoms with Crippen LogP contribution in [0, 0.1) is 12.8 Å². The number of carbonyl (C=O) groups is 2. The minimum Gasteiger partial charge on any atom is -0.478 e. The van der Waals surface area contributed by atoms with Crippen LogP contribution in [0.15, 0.2) is 18.2 Å². The summed E-state index contributed by atoms with van der Waals surface area (Å²) in [5, 5.41) is 20.7. The molecule has 1 aliphatic heterocycles. The lowest BCUT2D eigenvalue weighted by molar-refractivity contribution is 0.0697. The lowest BCUT2D eigenvalue weighted by Crippen LogP contribution is -2.33. The maximum Gasteiger partial charge on any atom is 0.335 e. The molecule has 1 aromatic rings. The zero-order chi connectivity index (χ0) is 15.4. The largest absolute Gasteiger partial charge is 0.478 e. The van der Waals surface area contributed by atoms with Crippen LogP contribution < -0.4 is 5.32 Å². The van der Waals surface area contributed by atoms with E-state index >= 15 is 0 Å². The number of amides is 2. The fraction of sp³-hybridized carbons (Fsp3) is 0.467. The van der Waals surface area contributed by atoms with Gasteiger partial charge in [-0.1, -0.05) is 0 Å². The van der Waals surface area contributed by atoms with Gasteiger partial charge in [0, 0.05) is 25.4 Å². The number of nitrogens with one attached hydrogen (secondary N) is 1. The first-order chi connectivity index (χ1) is 10.0. The van der Waals surface area contributed by atoms with E-state index in [2.05, 4.69) is 5.32 Å². The van der Waals surface area contributed by atoms with Gasteiger partial charge in [-0.3, -0.25) is 0 Å². The Morgan fingerprint density at radius 3 is 2.81 bits per heavy atom. The van der Waals surface area contributed by atoms with Crippen LogP contribution in [0.2, 0.25) is 0 Å². The first-order valence-electron chi connectivity index (χ1n) is 7.02. The van der Waals surface area contributed by atoms with Crippen LogP contribution in [-0.4, -0.2) is 46.8 Å². The number of rotatable bonds is 4. The number of aliphatic hydroxyl groups excluding tert-OH is 1. The van der Waals surface area contributed by atoms with E-state index in [4.69, 9.17) is 10.2 Å². The number of hydrogen-bond donors (Lipinski definition) is 3. The molecule has 1 saturated heterocycles. The minimum absolute atomic E-state index is 0.149. The van der Waals surface area contributed by atoms with Crippen LogP contribution in [0.4, 0.5) is 10.5 Å². The van der Waals surface area contributed by atoms with Crippen molar-refractivity contribution in [3.8, 4) is 0 Å². The summed E-state index contributed by atoms with van der Waals surface area (Å²) >= 11 is 0. The van der Waals surface area contributed by atoms with Gasteiger partial charge in [-0.25, -0.2) is 9.59 Å². The summed E-state index contributed by atoms with van der Waals surface area (Å²) in [6.07, 6.45) is 1.63. The third-order valence-electron chi connectivity index (χ3n) is 3.83. The molecule has 1 heterocycles. The van der Waals surface area contributed by atoms with E-state index in [1.165, 1.54) is 12.1 Å². The van der Waals surface area contributed by atoms with Crippen LogP contribution in [0.3, 0.4) is 0 Å². The first-order valence-corrected chi connectivity index (χ1v) is 7.02. The summed E-state index contributed by atoms with van der Waals surface area (Å²) in [4.78, 5) is 24.8. The van der Waals surface area contributed by atoms with E-state index in [0.29, 0.717) is 30.3 Å². The molecule has 1 aliphatic rings. The Morgan fingerprint density at radius 2 is 2.19 bits per heavy atom. The number of anilines is 1. The van der Waals surface area contributed by atoms with Crippen molar-refractivity contribution < 1.29 is 19.8 Å². The third kappa shape index (κ3) is 3.72. The lowest BCUT2D eigenvalue weighted by Gasteiger charge is -2.18. The summed E-state index contributed by atoms with van der Waals surface area (Å²) in [6, 6.07) is 4.44. The number of hydrogen-bond acceptors (Lipinski definition) is 3. The van der Waals surface area contributed by atoms with Crippen molar-refractivity contribution in [3.63, 3.8) is 0 Å². The molecule has 1 fully saturated rings. The summed E-state index contributed by atoms with van der Waals surface area (Å²) in [5.41, 5.74) is 1.54. The van der Waals surface area contributed by atoms with Crippen molar-refractivity contribution in [1.29, 1.82) is 0 Å². The molecule has 6 nitrogen and oxygen atoms in total. The number of nitrogens with zero attached hydrogens (tertiary/aromatic N) is 1. The van der Waals surface area contributed by atoms with E-state index in [0.717, 1.165) is 12.8 Å². The van der Waals surface area contributed by atoms with Crippen LogP contribution in [0.1, 0.15) is 28.8 Å². The lowest BCUT2D eigenvalue weighted by atomic mass is 10.1. The maximum atomic E-state index is 12.2. The van der Waals surface area contributed by atoms with Crippen molar-refractivity contribution in [1.82, 2.24) is 4.90 Å². The molecule has 0 saturated carbocycles. The van der Waals surface area contributed by atoms with Crippen molar-refractivity contribution in [3.05, 3.63) is 29.3 Å². The van der Waals surface area contributed by atoms with Gasteiger partial charge in [-0.05, 0) is 49.4 Å². The second-order valence-corrected chi connectivity index (χ2v) is 5.38. The van der Waals surface area contributed by atoms with E-state index in [-0.39, 0.29) is 18.2 Å². The van der Waals surface area contributed by atoms with Crippen LogP contribution >= 0.6 is 0 Å². The van der Waals surface area contributed by atoms with Gasteiger partial charge in [0.05, 0.1) is 5.56 Å². The van der Waals surface area contributed by atoms with Crippen molar-refractivity contribution in [2.45, 2.75) is 19.8 Å². The highest BCUT2D eigenvalue weighted by molar-refractivity contribution is 5.92. The van der Waals surface area contributed by atoms with Crippen molar-refractivity contribution >= 4 is 17.7 Å². The molecule has 2 rings (SSSR count). The van der Waals surface area contributed by atoms with Gasteiger partial charge in [0.25, 0.3) is 0 Å². The number of carboxylic acid groups (broad SMARTS) is 1. The smallest absolute Gasteiger partial charge is 0.335 e. The molecule has 1 atom stereocenters. The first kappa shape index (κ1) is 15.3. The Morgan fingerprint density at radius 1 is 1.43 bits per heavy atom. The van der Waals surface area contributed by atoms with E-state index in [9.17, 15) is 9.59 Å². The molecule has 6 heteroatoms. The van der Waals surface area contributed by atoms with E-state index < -0.39 is 5.97 Å². The molecular formula is C15H20N2O4. The Hall–Kier alpha value is -2.08. The van der Waals surface area contributed by atoms with Crippen molar-refractivity contribution in [2.24, 2.45) is 5.92 Å². The SMILES string of the molecule is Cc1cc(C(=O)O)ccc1NC(=O)N1CCC(CCO)C1. The van der Waals surface area contributed by atoms with Crippen LogP contribution in [-0.2, 0) is 0 Å². The van der Waals surface area contributed by atoms with E-state index in [1.54, 1.807) is 17.9 Å². The molecule has 0 aromatic heterocycles. The Labute approximate surface area is 123 Å². The maximum absolute atomic E-state index is 12.2. The minimum atomic E-state index is -0.984. The predicted molar refractivity (Wildman–Crippen MR) is 78.5 cm³/mol. The standard InChI is InChI=1S/C15H20N2O4/c1-10-8-12(14(19)20)2-3-13(10)16-15(21)17-6-4-11(9-17)5-7-18/h2-3,8,11,18H,4-7,9H2,1H3,(H,16,21)(H,19,20). The van der Waals surface area contributed by atoms with E-state index in [1.807, 2.05) is 0 Å². The van der Waals surface area contributed by atoms with Crippen molar-refractivity contribution in [2.75, 3.05) is 25.0 Å². The second kappa shape index (κ2) is 6.58. The van der Waals surface area contributed by atoms with Crippen LogP contribution in [0.25, 0.3) is 0 Å². The molecule has 0 radical (unpaired) electrons. The number of carboxylic acids is 1. The fourth-order valence-corrected chi connectivity index (χ4v) is 2.57. The quantitative estimate of drug-likeness (QED) is 0.791. The number of aromatic carboxylic acids is 1. The molecule has 21 heavy (non-hydrogen) atoms. The molecule has 0 spiro atoms. The van der Waals surface area contributed by atoms with Gasteiger partial charge in [-0.15, -0.1) is 0 Å². The zero-order valence-corrected chi connectivity index (χ0v) is 12.0. The fourth-order valence-electron chi connectivity index (χ4n) is 2.57. The number of urea groups is 1. The summed E-state index contributed by atoms with van der Waals surface area (Å²) in [7, 11) is 0. The predicted octanol–water partition coefficient (Wildman–Crippen LogP) is 1.93. The Balaban J connectivity index is 1.99. The average Bonchev–Trinajstić information content (AvgIpc) is 2.90. The molecule has 1 aromatic carbocycles. The molecule has 2 amide bonds. The van der Waals surface area contributed by atoms with Gasteiger partial charge in [0.15, 0.2) is 0 Å². The zero-order valence-electron chi connectivity index (χ0n) is 12.0. The normalized spacial score (nSPS) is 17.8. The second-order valence-electron chi connectivity index (χ2n) is 5.38. The molecule has 114 valence electrons. The molecular weight excluding hydrogens is 272 g/mol. The monoisotopic (exact) mass is 292 g/mol. The number of benzene rings is 1. The summed E-state index contributed by atoms with van der Waals surface area (Å²) < 4.78 is 0. The molecule has 0 aliphatic carbocycles. The highest BCUT2D eigenvalue weighted by atomic mass is 16.4. The van der Waals surface area contributed by atoms with Gasteiger partial charge in [0.2, 0.25) is 0 Å². The molecule has 3 N–H and O–H groups in total. The molecule has 1 unspecified atom stereocenters. The number of aryl methyl sites for hydroxylation is 1. The van der Waals surface area contributed by atoms with Gasteiger partial charge in [-0.2, -0.15) is 0 Å². The van der Waals surface area contributed by atoms with Gasteiger partial charge >= 0.3 is 12.0 Å². The highest BCUT2D eigenvalue weighted by Crippen LogP contribution is 2.22. The van der Waals surface area contributed by atoms with Crippen LogP contribution in [0.5, 0.6) is 0 Å². The highest BCUT2D eigenvalue weighted by Gasteiger charge is 2.26. The Kier molecular flexibility index (Phi) is 4.80. The average molecular weight is 292 g/mol. The summed E-state index contributed by atoms with van der Waals surface area (Å²) in [5.74, 6) is -0.626. The number of aliphatic hydroxyl groups is 1. The van der Waals surface area contributed by atoms with Gasteiger partial charge < -0.3 is 20.4 Å². The third-order valence-corrected chi connectivity index (χ3v) is 3.83. The number of likely N-dealkylation sites (tertiary alicyclic amines) is 1. The number of carbonyl (C=O) groups excluding carboxylic acids is 1.